The maximum Gasteiger partial charge on any atom is 0.194 e. The van der Waals surface area contributed by atoms with Gasteiger partial charge in [-0.3, -0.25) is 0 Å². The molecule has 1 aromatic heterocycles. The summed E-state index contributed by atoms with van der Waals surface area (Å²) in [7, 11) is 0. The van der Waals surface area contributed by atoms with Crippen molar-refractivity contribution in [2.75, 3.05) is 44.2 Å². The number of pyridine rings is 1. The Morgan fingerprint density at radius 1 is 1.38 bits per heavy atom. The Bertz CT molecular complexity index is 441. The second kappa shape index (κ2) is 9.59. The van der Waals surface area contributed by atoms with Crippen molar-refractivity contribution in [1.82, 2.24) is 15.2 Å². The summed E-state index contributed by atoms with van der Waals surface area (Å²) < 4.78 is 0. The third-order valence-electron chi connectivity index (χ3n) is 3.26. The SMILES string of the molecule is C=CCN=C(NCC)N1CCN(c2ccccn2)CC1.I. The standard InChI is InChI=1S/C15H23N5.HI/c1-3-8-18-15(16-4-2)20-12-10-19(11-13-20)14-7-5-6-9-17-14;/h3,5-7,9H,1,4,8,10-13H2,2H3,(H,16,18);1H. The number of hydrogen-bond donors (Lipinski definition) is 1. The van der Waals surface area contributed by atoms with E-state index < -0.39 is 0 Å². The van der Waals surface area contributed by atoms with Crippen LogP contribution in [-0.4, -0.2) is 55.1 Å². The van der Waals surface area contributed by atoms with Gasteiger partial charge < -0.3 is 15.1 Å². The van der Waals surface area contributed by atoms with Crippen LogP contribution < -0.4 is 10.2 Å². The van der Waals surface area contributed by atoms with Crippen molar-refractivity contribution in [2.45, 2.75) is 6.92 Å². The lowest BCUT2D eigenvalue weighted by molar-refractivity contribution is 0.372. The van der Waals surface area contributed by atoms with Crippen LogP contribution in [-0.2, 0) is 0 Å². The molecule has 0 aliphatic carbocycles. The third kappa shape index (κ3) is 5.18. The van der Waals surface area contributed by atoms with Gasteiger partial charge in [-0.05, 0) is 19.1 Å². The molecule has 0 bridgehead atoms. The Labute approximate surface area is 144 Å². The molecule has 0 radical (unpaired) electrons. The fourth-order valence-electron chi connectivity index (χ4n) is 2.26. The van der Waals surface area contributed by atoms with E-state index in [-0.39, 0.29) is 24.0 Å². The van der Waals surface area contributed by atoms with E-state index in [0.29, 0.717) is 6.54 Å². The first-order valence-corrected chi connectivity index (χ1v) is 7.15. The van der Waals surface area contributed by atoms with E-state index in [1.54, 1.807) is 0 Å². The summed E-state index contributed by atoms with van der Waals surface area (Å²) in [4.78, 5) is 13.6. The van der Waals surface area contributed by atoms with Crippen LogP contribution in [0.2, 0.25) is 0 Å². The van der Waals surface area contributed by atoms with Crippen LogP contribution in [0.4, 0.5) is 5.82 Å². The molecule has 0 atom stereocenters. The van der Waals surface area contributed by atoms with Crippen molar-refractivity contribution in [1.29, 1.82) is 0 Å². The van der Waals surface area contributed by atoms with E-state index >= 15 is 0 Å². The number of hydrogen-bond acceptors (Lipinski definition) is 3. The lowest BCUT2D eigenvalue weighted by atomic mass is 10.3. The van der Waals surface area contributed by atoms with Gasteiger partial charge in [-0.2, -0.15) is 0 Å². The number of aliphatic imine (C=N–C) groups is 1. The molecule has 1 N–H and O–H groups in total. The summed E-state index contributed by atoms with van der Waals surface area (Å²) >= 11 is 0. The molecule has 1 fully saturated rings. The monoisotopic (exact) mass is 401 g/mol. The van der Waals surface area contributed by atoms with Gasteiger partial charge in [-0.1, -0.05) is 12.1 Å². The largest absolute Gasteiger partial charge is 0.357 e. The highest BCUT2D eigenvalue weighted by Gasteiger charge is 2.19. The highest BCUT2D eigenvalue weighted by atomic mass is 127. The number of rotatable bonds is 4. The van der Waals surface area contributed by atoms with Crippen molar-refractivity contribution in [3.63, 3.8) is 0 Å². The first kappa shape index (κ1) is 17.7. The predicted octanol–water partition coefficient (Wildman–Crippen LogP) is 1.97. The summed E-state index contributed by atoms with van der Waals surface area (Å²) in [5.41, 5.74) is 0. The second-order valence-corrected chi connectivity index (χ2v) is 4.65. The number of nitrogens with zero attached hydrogens (tertiary/aromatic N) is 4. The van der Waals surface area contributed by atoms with Gasteiger partial charge in [0.15, 0.2) is 5.96 Å². The highest BCUT2D eigenvalue weighted by Crippen LogP contribution is 2.12. The average Bonchev–Trinajstić information content (AvgIpc) is 2.52. The van der Waals surface area contributed by atoms with E-state index in [0.717, 1.165) is 44.5 Å². The van der Waals surface area contributed by atoms with Crippen LogP contribution in [0.15, 0.2) is 42.0 Å². The Morgan fingerprint density at radius 2 is 2.14 bits per heavy atom. The van der Waals surface area contributed by atoms with Gasteiger partial charge in [-0.15, -0.1) is 30.6 Å². The van der Waals surface area contributed by atoms with E-state index in [1.165, 1.54) is 0 Å². The lowest BCUT2D eigenvalue weighted by Gasteiger charge is -2.37. The van der Waals surface area contributed by atoms with E-state index in [1.807, 2.05) is 24.4 Å². The Balaban J connectivity index is 0.00000220. The normalized spacial score (nSPS) is 15.4. The average molecular weight is 401 g/mol. The minimum atomic E-state index is 0. The van der Waals surface area contributed by atoms with Crippen molar-refractivity contribution in [2.24, 2.45) is 4.99 Å². The van der Waals surface area contributed by atoms with Gasteiger partial charge >= 0.3 is 0 Å². The van der Waals surface area contributed by atoms with Gasteiger partial charge in [0.2, 0.25) is 0 Å². The summed E-state index contributed by atoms with van der Waals surface area (Å²) in [6, 6.07) is 6.04. The fourth-order valence-corrected chi connectivity index (χ4v) is 2.26. The second-order valence-electron chi connectivity index (χ2n) is 4.65. The predicted molar refractivity (Wildman–Crippen MR) is 99.6 cm³/mol. The molecule has 2 rings (SSSR count). The topological polar surface area (TPSA) is 43.8 Å². The first-order chi connectivity index (χ1) is 9.85. The van der Waals surface area contributed by atoms with Crippen LogP contribution in [0.25, 0.3) is 0 Å². The fraction of sp³-hybridized carbons (Fsp3) is 0.467. The molecule has 0 aromatic carbocycles. The van der Waals surface area contributed by atoms with E-state index in [4.69, 9.17) is 0 Å². The molecule has 1 aliphatic heterocycles. The molecule has 1 aromatic rings. The zero-order valence-electron chi connectivity index (χ0n) is 12.5. The highest BCUT2D eigenvalue weighted by molar-refractivity contribution is 14.0. The van der Waals surface area contributed by atoms with E-state index in [9.17, 15) is 0 Å². The number of halogens is 1. The molecule has 0 amide bonds. The number of anilines is 1. The number of guanidine groups is 1. The molecule has 0 unspecified atom stereocenters. The molecule has 1 aliphatic rings. The van der Waals surface area contributed by atoms with Crippen LogP contribution in [0, 0.1) is 0 Å². The Hall–Kier alpha value is -1.31. The maximum atomic E-state index is 4.53. The van der Waals surface area contributed by atoms with Crippen molar-refractivity contribution in [3.05, 3.63) is 37.1 Å². The summed E-state index contributed by atoms with van der Waals surface area (Å²) in [5, 5.41) is 3.34. The van der Waals surface area contributed by atoms with Crippen molar-refractivity contribution < 1.29 is 0 Å². The van der Waals surface area contributed by atoms with Gasteiger partial charge in [0.25, 0.3) is 0 Å². The molecular weight excluding hydrogens is 377 g/mol. The minimum Gasteiger partial charge on any atom is -0.357 e. The first-order valence-electron chi connectivity index (χ1n) is 7.15. The number of piperazine rings is 1. The van der Waals surface area contributed by atoms with Crippen molar-refractivity contribution in [3.8, 4) is 0 Å². The molecule has 5 nitrogen and oxygen atoms in total. The molecule has 0 spiro atoms. The van der Waals surface area contributed by atoms with Crippen molar-refractivity contribution >= 4 is 35.8 Å². The molecule has 21 heavy (non-hydrogen) atoms. The summed E-state index contributed by atoms with van der Waals surface area (Å²) in [6.07, 6.45) is 3.67. The number of aromatic nitrogens is 1. The van der Waals surface area contributed by atoms with Gasteiger partial charge in [0.05, 0.1) is 6.54 Å². The molecule has 1 saturated heterocycles. The van der Waals surface area contributed by atoms with Gasteiger partial charge in [-0.25, -0.2) is 9.98 Å². The van der Waals surface area contributed by atoms with Gasteiger partial charge in [0.1, 0.15) is 5.82 Å². The van der Waals surface area contributed by atoms with Crippen LogP contribution >= 0.6 is 24.0 Å². The van der Waals surface area contributed by atoms with Gasteiger partial charge in [0, 0.05) is 38.9 Å². The molecule has 2 heterocycles. The smallest absolute Gasteiger partial charge is 0.194 e. The van der Waals surface area contributed by atoms with Crippen LogP contribution in [0.5, 0.6) is 0 Å². The number of nitrogens with one attached hydrogen (secondary N) is 1. The Kier molecular flexibility index (Phi) is 8.11. The third-order valence-corrected chi connectivity index (χ3v) is 3.26. The maximum absolute atomic E-state index is 4.53. The quantitative estimate of drug-likeness (QED) is 0.363. The Morgan fingerprint density at radius 3 is 2.71 bits per heavy atom. The molecule has 6 heteroatoms. The van der Waals surface area contributed by atoms with E-state index in [2.05, 4.69) is 44.7 Å². The zero-order chi connectivity index (χ0) is 14.2. The molecular formula is C15H24IN5. The zero-order valence-corrected chi connectivity index (χ0v) is 14.9. The lowest BCUT2D eigenvalue weighted by Crippen LogP contribution is -2.52. The van der Waals surface area contributed by atoms with Crippen LogP contribution in [0.1, 0.15) is 6.92 Å². The summed E-state index contributed by atoms with van der Waals surface area (Å²) in [5.74, 6) is 2.04. The molecule has 0 saturated carbocycles. The summed E-state index contributed by atoms with van der Waals surface area (Å²) in [6.45, 7) is 11.2. The van der Waals surface area contributed by atoms with Crippen LogP contribution in [0.3, 0.4) is 0 Å². The molecule has 116 valence electrons. The minimum absolute atomic E-state index is 0.